The fourth-order valence-corrected chi connectivity index (χ4v) is 17.5. The monoisotopic (exact) mass is 1370 g/mol. The highest BCUT2D eigenvalue weighted by molar-refractivity contribution is 9.10. The molecule has 0 amide bonds. The zero-order chi connectivity index (χ0) is 68.8. The first-order valence-corrected chi connectivity index (χ1v) is 36.0. The molecular formula is C98H69BBrO2. The van der Waals surface area contributed by atoms with Gasteiger partial charge < -0.3 is 9.68 Å². The summed E-state index contributed by atoms with van der Waals surface area (Å²) in [5.41, 5.74) is 23.5. The van der Waals surface area contributed by atoms with Gasteiger partial charge in [0.25, 0.3) is 0 Å². The maximum Gasteiger partial charge on any atom is 0.569 e. The lowest BCUT2D eigenvalue weighted by atomic mass is 9.81. The number of hydrogen-bond acceptors (Lipinski definition) is 2. The number of hydrogen-bond donors (Lipinski definition) is 1. The summed E-state index contributed by atoms with van der Waals surface area (Å²) >= 11 is 3.62. The Morgan fingerprint density at radius 2 is 0.539 bits per heavy atom. The number of halogens is 1. The lowest BCUT2D eigenvalue weighted by molar-refractivity contribution is 0.459. The molecule has 1 radical (unpaired) electrons. The van der Waals surface area contributed by atoms with Crippen LogP contribution in [0.3, 0.4) is 0 Å². The highest BCUT2D eigenvalue weighted by Crippen LogP contribution is 2.55. The van der Waals surface area contributed by atoms with E-state index < -0.39 is 0 Å². The first kappa shape index (κ1) is 62.6. The minimum Gasteiger partial charge on any atom is -0.537 e. The van der Waals surface area contributed by atoms with Crippen molar-refractivity contribution in [3.05, 3.63) is 366 Å². The van der Waals surface area contributed by atoms with Crippen molar-refractivity contribution in [1.29, 1.82) is 0 Å². The standard InChI is InChI=1S/C49H34.C30H20BO2.C19H15Br/c1-49(2)44-28-27-35(30-43(44)48-38-16-6-4-13-32(38)26-29-45(48)49)47-41-19-9-7-17-39(41)46(40-18-8-10-20-42(40)47)34-24-22-33(23-25-34)37-21-11-14-31-12-3-5-15-36(31)37;32-31-33-30-27-13-5-3-11-25(27)29(26-12-4-6-14-28(26)30)22-18-16-21(17-19-22)24-15-7-9-20-8-1-2-10-23(20)24;1-19(2)16-10-8-13(20)11-15(16)18-14-6-4-3-5-12(14)7-9-17(18)19/h3-30H,1-2H3;1-19,32H;3-11H,1-2H3. The molecule has 483 valence electrons. The molecule has 0 saturated heterocycles. The highest BCUT2D eigenvalue weighted by atomic mass is 79.9. The molecule has 18 aromatic rings. The smallest absolute Gasteiger partial charge is 0.537 e. The Bertz CT molecular complexity index is 6280. The first-order valence-electron chi connectivity index (χ1n) is 35.2. The van der Waals surface area contributed by atoms with E-state index in [2.05, 4.69) is 347 Å². The molecule has 0 atom stereocenters. The van der Waals surface area contributed by atoms with Crippen molar-refractivity contribution in [3.63, 3.8) is 0 Å². The van der Waals surface area contributed by atoms with Crippen LogP contribution in [0.4, 0.5) is 0 Å². The molecule has 0 unspecified atom stereocenters. The topological polar surface area (TPSA) is 29.5 Å². The van der Waals surface area contributed by atoms with Crippen LogP contribution in [-0.4, -0.2) is 12.7 Å². The number of benzene rings is 18. The molecule has 0 bridgehead atoms. The summed E-state index contributed by atoms with van der Waals surface area (Å²) in [4.78, 5) is 0. The molecular weight excluding hydrogens is 1300 g/mol. The average Bonchev–Trinajstić information content (AvgIpc) is 1.50. The second-order valence-electron chi connectivity index (χ2n) is 28.2. The van der Waals surface area contributed by atoms with Gasteiger partial charge in [0.15, 0.2) is 0 Å². The third-order valence-electron chi connectivity index (χ3n) is 21.9. The van der Waals surface area contributed by atoms with E-state index in [1.807, 2.05) is 36.4 Å². The van der Waals surface area contributed by atoms with E-state index in [4.69, 9.17) is 4.65 Å². The molecule has 102 heavy (non-hydrogen) atoms. The zero-order valence-electron chi connectivity index (χ0n) is 57.1. The van der Waals surface area contributed by atoms with Gasteiger partial charge in [0.1, 0.15) is 5.75 Å². The van der Waals surface area contributed by atoms with Crippen LogP contribution in [-0.2, 0) is 10.8 Å². The molecule has 0 aliphatic heterocycles. The first-order chi connectivity index (χ1) is 50.0. The zero-order valence-corrected chi connectivity index (χ0v) is 58.7. The second-order valence-corrected chi connectivity index (χ2v) is 29.1. The van der Waals surface area contributed by atoms with Gasteiger partial charge in [0, 0.05) is 26.1 Å². The van der Waals surface area contributed by atoms with Crippen molar-refractivity contribution in [2.75, 3.05) is 0 Å². The van der Waals surface area contributed by atoms with Gasteiger partial charge in [0.2, 0.25) is 0 Å². The quantitative estimate of drug-likeness (QED) is 0.127. The molecule has 20 rings (SSSR count). The van der Waals surface area contributed by atoms with E-state index in [9.17, 15) is 5.02 Å². The van der Waals surface area contributed by atoms with Crippen LogP contribution in [0.1, 0.15) is 49.9 Å². The van der Waals surface area contributed by atoms with Crippen LogP contribution >= 0.6 is 15.9 Å². The number of fused-ring (bicyclic) bond motifs is 16. The molecule has 4 heteroatoms. The van der Waals surface area contributed by atoms with Crippen molar-refractivity contribution in [2.45, 2.75) is 38.5 Å². The molecule has 2 aliphatic rings. The van der Waals surface area contributed by atoms with Crippen LogP contribution < -0.4 is 4.65 Å². The van der Waals surface area contributed by atoms with Gasteiger partial charge in [-0.2, -0.15) is 0 Å². The molecule has 0 fully saturated rings. The maximum absolute atomic E-state index is 9.39. The fraction of sp³-hybridized carbons (Fsp3) is 0.0612. The van der Waals surface area contributed by atoms with Crippen molar-refractivity contribution in [3.8, 4) is 83.6 Å². The summed E-state index contributed by atoms with van der Waals surface area (Å²) < 4.78 is 6.72. The average molecular weight is 1370 g/mol. The Balaban J connectivity index is 0.000000121. The Kier molecular flexibility index (Phi) is 15.5. The Labute approximate surface area is 603 Å². The highest BCUT2D eigenvalue weighted by Gasteiger charge is 2.38. The predicted octanol–water partition coefficient (Wildman–Crippen LogP) is 26.9. The molecule has 2 aliphatic carbocycles. The Morgan fingerprint density at radius 3 is 0.951 bits per heavy atom. The molecule has 0 saturated carbocycles. The van der Waals surface area contributed by atoms with Crippen LogP contribution in [0.2, 0.25) is 0 Å². The molecule has 0 heterocycles. The Hall–Kier alpha value is -11.7. The summed E-state index contributed by atoms with van der Waals surface area (Å²) in [6.07, 6.45) is 0. The van der Waals surface area contributed by atoms with Gasteiger partial charge in [-0.3, -0.25) is 0 Å². The largest absolute Gasteiger partial charge is 0.569 e. The van der Waals surface area contributed by atoms with Crippen LogP contribution in [0.15, 0.2) is 344 Å². The summed E-state index contributed by atoms with van der Waals surface area (Å²) in [5, 5.41) is 29.0. The van der Waals surface area contributed by atoms with Gasteiger partial charge in [-0.15, -0.1) is 0 Å². The lowest BCUT2D eigenvalue weighted by Crippen LogP contribution is -2.14. The van der Waals surface area contributed by atoms with E-state index in [1.165, 1.54) is 154 Å². The third kappa shape index (κ3) is 10.3. The van der Waals surface area contributed by atoms with Gasteiger partial charge in [-0.25, -0.2) is 0 Å². The SMILES string of the molecule is CC1(C)c2ccc(-c3c4ccccc4c(-c4ccc(-c5cccc6ccccc56)cc4)c4ccccc34)cc2-c2c1ccc1ccccc21.CC1(C)c2ccc(Br)cc2-c2c1ccc1ccccc21.O[B]Oc1c2ccccc2c(-c2ccc(-c3cccc4ccccc34)cc2)c2ccccc12. The summed E-state index contributed by atoms with van der Waals surface area (Å²) in [6.45, 7) is 9.38. The fourth-order valence-electron chi connectivity index (χ4n) is 17.1. The Morgan fingerprint density at radius 1 is 0.245 bits per heavy atom. The lowest BCUT2D eigenvalue weighted by Gasteiger charge is -2.22. The number of rotatable bonds is 7. The summed E-state index contributed by atoms with van der Waals surface area (Å²) in [7, 11) is 0.757. The van der Waals surface area contributed by atoms with Crippen molar-refractivity contribution in [2.24, 2.45) is 0 Å². The van der Waals surface area contributed by atoms with E-state index in [0.29, 0.717) is 5.75 Å². The molecule has 1 N–H and O–H groups in total. The minimum absolute atomic E-state index is 0.0561. The van der Waals surface area contributed by atoms with Crippen LogP contribution in [0.5, 0.6) is 5.75 Å². The molecule has 2 nitrogen and oxygen atoms in total. The predicted molar refractivity (Wildman–Crippen MR) is 438 cm³/mol. The van der Waals surface area contributed by atoms with Gasteiger partial charge >= 0.3 is 7.69 Å². The van der Waals surface area contributed by atoms with E-state index in [0.717, 1.165) is 44.8 Å². The molecule has 18 aromatic carbocycles. The van der Waals surface area contributed by atoms with Crippen molar-refractivity contribution in [1.82, 2.24) is 0 Å². The van der Waals surface area contributed by atoms with E-state index in [1.54, 1.807) is 0 Å². The minimum atomic E-state index is -0.0561. The molecule has 0 spiro atoms. The molecule has 0 aromatic heterocycles. The van der Waals surface area contributed by atoms with Crippen LogP contribution in [0, 0.1) is 0 Å². The summed E-state index contributed by atoms with van der Waals surface area (Å²) in [6, 6.07) is 123. The maximum atomic E-state index is 9.39. The van der Waals surface area contributed by atoms with Crippen molar-refractivity contribution >= 4 is 110 Å². The second kappa shape index (κ2) is 25.2. The normalized spacial score (nSPS) is 13.0. The van der Waals surface area contributed by atoms with Gasteiger partial charge in [0.05, 0.1) is 0 Å². The van der Waals surface area contributed by atoms with Gasteiger partial charge in [-0.05, 0) is 194 Å². The van der Waals surface area contributed by atoms with Crippen LogP contribution in [0.25, 0.3) is 164 Å². The van der Waals surface area contributed by atoms with Gasteiger partial charge in [-0.1, -0.05) is 365 Å². The third-order valence-corrected chi connectivity index (χ3v) is 22.4. The van der Waals surface area contributed by atoms with Crippen molar-refractivity contribution < 1.29 is 9.68 Å². The summed E-state index contributed by atoms with van der Waals surface area (Å²) in [5.74, 6) is 0.667. The van der Waals surface area contributed by atoms with E-state index >= 15 is 0 Å². The van der Waals surface area contributed by atoms with E-state index in [-0.39, 0.29) is 10.8 Å².